The summed E-state index contributed by atoms with van der Waals surface area (Å²) in [5.74, 6) is 2.70. The van der Waals surface area contributed by atoms with Gasteiger partial charge in [-0.25, -0.2) is 0 Å². The molecule has 1 unspecified atom stereocenters. The van der Waals surface area contributed by atoms with Crippen molar-refractivity contribution in [3.05, 3.63) is 29.8 Å². The summed E-state index contributed by atoms with van der Waals surface area (Å²) in [6.45, 7) is 4.32. The molecule has 1 aromatic carbocycles. The summed E-state index contributed by atoms with van der Waals surface area (Å²) in [5.41, 5.74) is 1.27. The van der Waals surface area contributed by atoms with Crippen LogP contribution in [0.3, 0.4) is 0 Å². The molecule has 3 nitrogen and oxygen atoms in total. The lowest BCUT2D eigenvalue weighted by atomic mass is 9.86. The van der Waals surface area contributed by atoms with Gasteiger partial charge in [-0.15, -0.1) is 12.3 Å². The standard InChI is InChI=1S/C16H16N2O/c1-4-12-9-15(19)18(10-12)14-7-5-13(6-8-14)16(2,3)11-17/h1,5-8,12H,9-10H2,2-3H3. The minimum atomic E-state index is -0.519. The van der Waals surface area contributed by atoms with Crippen LogP contribution in [0.2, 0.25) is 0 Å². The molecule has 2 rings (SSSR count). The number of amides is 1. The average molecular weight is 252 g/mol. The van der Waals surface area contributed by atoms with Crippen LogP contribution < -0.4 is 4.90 Å². The smallest absolute Gasteiger partial charge is 0.228 e. The number of hydrogen-bond acceptors (Lipinski definition) is 2. The highest BCUT2D eigenvalue weighted by Crippen LogP contribution is 2.28. The summed E-state index contributed by atoms with van der Waals surface area (Å²) in [4.78, 5) is 13.6. The molecule has 19 heavy (non-hydrogen) atoms. The number of carbonyl (C=O) groups is 1. The molecule has 0 spiro atoms. The first kappa shape index (κ1) is 13.2. The fraction of sp³-hybridized carbons (Fsp3) is 0.375. The Labute approximate surface area is 113 Å². The molecule has 0 bridgehead atoms. The fourth-order valence-corrected chi connectivity index (χ4v) is 2.19. The Hall–Kier alpha value is -2.26. The van der Waals surface area contributed by atoms with Gasteiger partial charge in [0, 0.05) is 24.6 Å². The predicted octanol–water partition coefficient (Wildman–Crippen LogP) is 2.47. The van der Waals surface area contributed by atoms with E-state index >= 15 is 0 Å². The van der Waals surface area contributed by atoms with Gasteiger partial charge in [-0.2, -0.15) is 5.26 Å². The van der Waals surface area contributed by atoms with Gasteiger partial charge in [0.2, 0.25) is 5.91 Å². The van der Waals surface area contributed by atoms with E-state index in [0.29, 0.717) is 13.0 Å². The first-order chi connectivity index (χ1) is 8.97. The Morgan fingerprint density at radius 2 is 2.00 bits per heavy atom. The van der Waals surface area contributed by atoms with Crippen LogP contribution in [-0.4, -0.2) is 12.5 Å². The van der Waals surface area contributed by atoms with E-state index in [1.807, 2.05) is 38.1 Å². The normalized spacial score (nSPS) is 19.1. The van der Waals surface area contributed by atoms with Crippen LogP contribution in [0, 0.1) is 29.6 Å². The van der Waals surface area contributed by atoms with Gasteiger partial charge in [0.05, 0.1) is 11.5 Å². The van der Waals surface area contributed by atoms with Crippen LogP contribution in [0.1, 0.15) is 25.8 Å². The first-order valence-electron chi connectivity index (χ1n) is 6.26. The molecule has 0 radical (unpaired) electrons. The molecule has 1 aliphatic heterocycles. The number of nitrogens with zero attached hydrogens (tertiary/aromatic N) is 2. The molecular weight excluding hydrogens is 236 g/mol. The number of anilines is 1. The SMILES string of the molecule is C#CC1CC(=O)N(c2ccc(C(C)(C)C#N)cc2)C1. The Kier molecular flexibility index (Phi) is 3.32. The maximum absolute atomic E-state index is 11.9. The van der Waals surface area contributed by atoms with Gasteiger partial charge in [-0.05, 0) is 31.5 Å². The third-order valence-corrected chi connectivity index (χ3v) is 3.54. The number of terminal acetylenes is 1. The Morgan fingerprint density at radius 3 is 2.47 bits per heavy atom. The summed E-state index contributed by atoms with van der Waals surface area (Å²) in [6.07, 6.45) is 5.79. The van der Waals surface area contributed by atoms with Gasteiger partial charge in [0.15, 0.2) is 0 Å². The van der Waals surface area contributed by atoms with Gasteiger partial charge in [0.25, 0.3) is 0 Å². The van der Waals surface area contributed by atoms with Crippen LogP contribution in [0.15, 0.2) is 24.3 Å². The summed E-state index contributed by atoms with van der Waals surface area (Å²) in [5, 5.41) is 9.10. The van der Waals surface area contributed by atoms with Gasteiger partial charge in [-0.3, -0.25) is 4.79 Å². The molecule has 1 atom stereocenters. The number of carbonyl (C=O) groups excluding carboxylic acids is 1. The van der Waals surface area contributed by atoms with E-state index in [1.165, 1.54) is 0 Å². The van der Waals surface area contributed by atoms with Crippen molar-refractivity contribution in [2.75, 3.05) is 11.4 Å². The van der Waals surface area contributed by atoms with E-state index in [1.54, 1.807) is 4.90 Å². The quantitative estimate of drug-likeness (QED) is 0.759. The third kappa shape index (κ3) is 2.46. The molecule has 0 N–H and O–H groups in total. The second-order valence-corrected chi connectivity index (χ2v) is 5.36. The third-order valence-electron chi connectivity index (χ3n) is 3.54. The lowest BCUT2D eigenvalue weighted by molar-refractivity contribution is -0.117. The Balaban J connectivity index is 2.23. The van der Waals surface area contributed by atoms with Crippen molar-refractivity contribution in [2.24, 2.45) is 5.92 Å². The second-order valence-electron chi connectivity index (χ2n) is 5.36. The molecule has 1 aliphatic rings. The second kappa shape index (κ2) is 4.78. The summed E-state index contributed by atoms with van der Waals surface area (Å²) >= 11 is 0. The summed E-state index contributed by atoms with van der Waals surface area (Å²) < 4.78 is 0. The van der Waals surface area contributed by atoms with Gasteiger partial charge < -0.3 is 4.90 Å². The zero-order valence-electron chi connectivity index (χ0n) is 11.2. The number of nitriles is 1. The highest BCUT2D eigenvalue weighted by Gasteiger charge is 2.29. The largest absolute Gasteiger partial charge is 0.311 e. The molecule has 96 valence electrons. The maximum atomic E-state index is 11.9. The van der Waals surface area contributed by atoms with Crippen LogP contribution in [0.5, 0.6) is 0 Å². The lowest BCUT2D eigenvalue weighted by Gasteiger charge is -2.19. The van der Waals surface area contributed by atoms with Crippen LogP contribution in [0.4, 0.5) is 5.69 Å². The van der Waals surface area contributed by atoms with Gasteiger partial charge in [-0.1, -0.05) is 12.1 Å². The van der Waals surface area contributed by atoms with Gasteiger partial charge in [0.1, 0.15) is 0 Å². The predicted molar refractivity (Wildman–Crippen MR) is 74.4 cm³/mol. The fourth-order valence-electron chi connectivity index (χ4n) is 2.19. The lowest BCUT2D eigenvalue weighted by Crippen LogP contribution is -2.24. The van der Waals surface area contributed by atoms with Crippen molar-refractivity contribution in [1.29, 1.82) is 5.26 Å². The zero-order valence-corrected chi connectivity index (χ0v) is 11.2. The van der Waals surface area contributed by atoms with E-state index in [-0.39, 0.29) is 11.8 Å². The monoisotopic (exact) mass is 252 g/mol. The van der Waals surface area contributed by atoms with Crippen molar-refractivity contribution < 1.29 is 4.79 Å². The maximum Gasteiger partial charge on any atom is 0.228 e. The summed E-state index contributed by atoms with van der Waals surface area (Å²) in [6, 6.07) is 9.82. The first-order valence-corrected chi connectivity index (χ1v) is 6.26. The van der Waals surface area contributed by atoms with Crippen LogP contribution in [0.25, 0.3) is 0 Å². The van der Waals surface area contributed by atoms with Gasteiger partial charge >= 0.3 is 0 Å². The molecule has 1 amide bonds. The topological polar surface area (TPSA) is 44.1 Å². The molecule has 3 heteroatoms. The highest BCUT2D eigenvalue weighted by atomic mass is 16.2. The number of rotatable bonds is 2. The molecule has 1 aromatic rings. The van der Waals surface area contributed by atoms with Crippen LogP contribution in [-0.2, 0) is 10.2 Å². The van der Waals surface area contributed by atoms with E-state index in [2.05, 4.69) is 12.0 Å². The Bertz CT molecular complexity index is 572. The van der Waals surface area contributed by atoms with Crippen molar-refractivity contribution in [3.8, 4) is 18.4 Å². The van der Waals surface area contributed by atoms with E-state index in [9.17, 15) is 4.79 Å². The zero-order chi connectivity index (χ0) is 14.0. The Morgan fingerprint density at radius 1 is 1.37 bits per heavy atom. The molecule has 1 saturated heterocycles. The van der Waals surface area contributed by atoms with Crippen molar-refractivity contribution in [1.82, 2.24) is 0 Å². The van der Waals surface area contributed by atoms with E-state index in [4.69, 9.17) is 11.7 Å². The minimum Gasteiger partial charge on any atom is -0.311 e. The minimum absolute atomic E-state index is 0.00252. The van der Waals surface area contributed by atoms with E-state index in [0.717, 1.165) is 11.3 Å². The number of benzene rings is 1. The molecular formula is C16H16N2O. The number of hydrogen-bond donors (Lipinski definition) is 0. The molecule has 0 saturated carbocycles. The van der Waals surface area contributed by atoms with Crippen LogP contribution >= 0.6 is 0 Å². The molecule has 0 aliphatic carbocycles. The van der Waals surface area contributed by atoms with Crippen molar-refractivity contribution in [3.63, 3.8) is 0 Å². The molecule has 0 aromatic heterocycles. The molecule has 1 fully saturated rings. The molecule has 1 heterocycles. The average Bonchev–Trinajstić information content (AvgIpc) is 2.80. The summed E-state index contributed by atoms with van der Waals surface area (Å²) in [7, 11) is 0. The van der Waals surface area contributed by atoms with Crippen molar-refractivity contribution in [2.45, 2.75) is 25.7 Å². The van der Waals surface area contributed by atoms with E-state index < -0.39 is 5.41 Å². The highest BCUT2D eigenvalue weighted by molar-refractivity contribution is 5.96. The van der Waals surface area contributed by atoms with Crippen molar-refractivity contribution >= 4 is 11.6 Å².